The summed E-state index contributed by atoms with van der Waals surface area (Å²) in [4.78, 5) is 22.7. The number of nitrogens with two attached hydrogens (primary N) is 1. The van der Waals surface area contributed by atoms with Gasteiger partial charge in [-0.3, -0.25) is 9.59 Å². The minimum absolute atomic E-state index is 0.338. The number of nitrogen functional groups attached to an aromatic ring is 1. The lowest BCUT2D eigenvalue weighted by Gasteiger charge is -2.13. The van der Waals surface area contributed by atoms with E-state index < -0.39 is 18.1 Å². The first-order valence-electron chi connectivity index (χ1n) is 5.98. The predicted molar refractivity (Wildman–Crippen MR) is 79.7 cm³/mol. The lowest BCUT2D eigenvalue weighted by atomic mass is 10.0. The van der Waals surface area contributed by atoms with E-state index in [0.29, 0.717) is 27.6 Å². The van der Waals surface area contributed by atoms with E-state index in [9.17, 15) is 9.59 Å². The highest BCUT2D eigenvalue weighted by Crippen LogP contribution is 2.34. The Morgan fingerprint density at radius 3 is 2.71 bits per heavy atom. The zero-order valence-corrected chi connectivity index (χ0v) is 11.9. The molecule has 110 valence electrons. The SMILES string of the molecule is COc1cn(CC(=O)O)c(=O)cc1-c1cc(Cl)ccc1N. The number of aromatic nitrogens is 1. The summed E-state index contributed by atoms with van der Waals surface area (Å²) in [5.74, 6) is -0.779. The summed E-state index contributed by atoms with van der Waals surface area (Å²) < 4.78 is 6.27. The van der Waals surface area contributed by atoms with Gasteiger partial charge in [0.2, 0.25) is 0 Å². The number of benzene rings is 1. The Morgan fingerprint density at radius 1 is 1.38 bits per heavy atom. The fourth-order valence-electron chi connectivity index (χ4n) is 1.96. The van der Waals surface area contributed by atoms with Crippen LogP contribution in [0.2, 0.25) is 5.02 Å². The summed E-state index contributed by atoms with van der Waals surface area (Å²) in [6.45, 7) is -0.444. The molecule has 0 atom stereocenters. The molecule has 0 saturated carbocycles. The van der Waals surface area contributed by atoms with Crippen molar-refractivity contribution in [1.82, 2.24) is 4.57 Å². The van der Waals surface area contributed by atoms with Crippen LogP contribution in [0.25, 0.3) is 11.1 Å². The molecule has 6 nitrogen and oxygen atoms in total. The monoisotopic (exact) mass is 308 g/mol. The summed E-state index contributed by atoms with van der Waals surface area (Å²) in [6.07, 6.45) is 1.34. The van der Waals surface area contributed by atoms with E-state index in [4.69, 9.17) is 27.2 Å². The Hall–Kier alpha value is -2.47. The van der Waals surface area contributed by atoms with E-state index in [1.807, 2.05) is 0 Å². The molecule has 0 spiro atoms. The van der Waals surface area contributed by atoms with Crippen LogP contribution >= 0.6 is 11.6 Å². The number of hydrogen-bond acceptors (Lipinski definition) is 4. The molecule has 3 N–H and O–H groups in total. The van der Waals surface area contributed by atoms with Crippen molar-refractivity contribution in [3.05, 3.63) is 45.8 Å². The maximum Gasteiger partial charge on any atom is 0.323 e. The smallest absolute Gasteiger partial charge is 0.323 e. The fraction of sp³-hybridized carbons (Fsp3) is 0.143. The molecule has 0 saturated heterocycles. The highest BCUT2D eigenvalue weighted by atomic mass is 35.5. The Kier molecular flexibility index (Phi) is 4.18. The summed E-state index contributed by atoms with van der Waals surface area (Å²) in [5, 5.41) is 9.25. The number of carboxylic acids is 1. The molecule has 0 aliphatic heterocycles. The Balaban J connectivity index is 2.64. The lowest BCUT2D eigenvalue weighted by molar-refractivity contribution is -0.137. The molecule has 1 aromatic carbocycles. The number of aliphatic carboxylic acids is 1. The van der Waals surface area contributed by atoms with Crippen LogP contribution in [0.4, 0.5) is 5.69 Å². The molecule has 0 bridgehead atoms. The van der Waals surface area contributed by atoms with Crippen molar-refractivity contribution in [2.24, 2.45) is 0 Å². The van der Waals surface area contributed by atoms with Gasteiger partial charge in [-0.25, -0.2) is 0 Å². The molecular formula is C14H13ClN2O4. The number of ether oxygens (including phenoxy) is 1. The number of nitrogens with zero attached hydrogens (tertiary/aromatic N) is 1. The molecule has 1 heterocycles. The van der Waals surface area contributed by atoms with E-state index in [-0.39, 0.29) is 0 Å². The van der Waals surface area contributed by atoms with Crippen molar-refractivity contribution in [1.29, 1.82) is 0 Å². The van der Waals surface area contributed by atoms with Crippen LogP contribution in [0, 0.1) is 0 Å². The minimum Gasteiger partial charge on any atom is -0.495 e. The van der Waals surface area contributed by atoms with Gasteiger partial charge in [0.25, 0.3) is 5.56 Å². The third-order valence-electron chi connectivity index (χ3n) is 2.92. The standard InChI is InChI=1S/C14H13ClN2O4/c1-21-12-6-17(7-14(19)20)13(18)5-10(12)9-4-8(15)2-3-11(9)16/h2-6H,7,16H2,1H3,(H,19,20). The average Bonchev–Trinajstić information content (AvgIpc) is 2.43. The molecule has 0 fully saturated rings. The van der Waals surface area contributed by atoms with Crippen molar-refractivity contribution < 1.29 is 14.6 Å². The molecule has 2 rings (SSSR count). The van der Waals surface area contributed by atoms with Crippen molar-refractivity contribution >= 4 is 23.3 Å². The van der Waals surface area contributed by atoms with Crippen LogP contribution in [0.1, 0.15) is 0 Å². The topological polar surface area (TPSA) is 94.5 Å². The van der Waals surface area contributed by atoms with Gasteiger partial charge >= 0.3 is 5.97 Å². The van der Waals surface area contributed by atoms with E-state index in [2.05, 4.69) is 0 Å². The van der Waals surface area contributed by atoms with Gasteiger partial charge in [0.15, 0.2) is 0 Å². The van der Waals surface area contributed by atoms with Gasteiger partial charge in [-0.1, -0.05) is 11.6 Å². The van der Waals surface area contributed by atoms with E-state index >= 15 is 0 Å². The average molecular weight is 309 g/mol. The fourth-order valence-corrected chi connectivity index (χ4v) is 2.13. The minimum atomic E-state index is -1.12. The molecule has 0 aliphatic rings. The second-order valence-electron chi connectivity index (χ2n) is 4.35. The molecule has 21 heavy (non-hydrogen) atoms. The molecule has 0 amide bonds. The number of methoxy groups -OCH3 is 1. The number of halogens is 1. The third-order valence-corrected chi connectivity index (χ3v) is 3.16. The van der Waals surface area contributed by atoms with Gasteiger partial charge in [-0.15, -0.1) is 0 Å². The van der Waals surface area contributed by atoms with E-state index in [1.165, 1.54) is 19.4 Å². The van der Waals surface area contributed by atoms with Crippen LogP contribution < -0.4 is 16.0 Å². The summed E-state index contributed by atoms with van der Waals surface area (Å²) in [7, 11) is 1.43. The number of anilines is 1. The highest BCUT2D eigenvalue weighted by Gasteiger charge is 2.14. The van der Waals surface area contributed by atoms with Crippen molar-refractivity contribution in [3.8, 4) is 16.9 Å². The summed E-state index contributed by atoms with van der Waals surface area (Å²) in [5.41, 5.74) is 6.89. The first kappa shape index (κ1) is 14.9. The molecule has 0 unspecified atom stereocenters. The van der Waals surface area contributed by atoms with Gasteiger partial charge < -0.3 is 20.1 Å². The summed E-state index contributed by atoms with van der Waals surface area (Å²) in [6, 6.07) is 6.16. The second kappa shape index (κ2) is 5.88. The van der Waals surface area contributed by atoms with Crippen molar-refractivity contribution in [2.45, 2.75) is 6.54 Å². The van der Waals surface area contributed by atoms with Gasteiger partial charge in [-0.2, -0.15) is 0 Å². The first-order chi connectivity index (χ1) is 9.92. The molecule has 2 aromatic rings. The zero-order valence-electron chi connectivity index (χ0n) is 11.2. The summed E-state index contributed by atoms with van der Waals surface area (Å²) >= 11 is 5.94. The molecule has 1 aromatic heterocycles. The maximum atomic E-state index is 12.0. The molecule has 0 aliphatic carbocycles. The van der Waals surface area contributed by atoms with Crippen molar-refractivity contribution in [3.63, 3.8) is 0 Å². The van der Waals surface area contributed by atoms with Gasteiger partial charge in [0.1, 0.15) is 12.3 Å². The van der Waals surface area contributed by atoms with Gasteiger partial charge in [-0.05, 0) is 18.2 Å². The maximum absolute atomic E-state index is 12.0. The number of hydrogen-bond donors (Lipinski definition) is 2. The van der Waals surface area contributed by atoms with Crippen LogP contribution in [-0.2, 0) is 11.3 Å². The third kappa shape index (κ3) is 3.17. The molecule has 0 radical (unpaired) electrons. The number of rotatable bonds is 4. The Bertz CT molecular complexity index is 755. The normalized spacial score (nSPS) is 10.4. The van der Waals surface area contributed by atoms with Crippen LogP contribution in [0.5, 0.6) is 5.75 Å². The lowest BCUT2D eigenvalue weighted by Crippen LogP contribution is -2.23. The molecular weight excluding hydrogens is 296 g/mol. The van der Waals surface area contributed by atoms with E-state index in [0.717, 1.165) is 4.57 Å². The predicted octanol–water partition coefficient (Wildman–Crippen LogP) is 1.84. The second-order valence-corrected chi connectivity index (χ2v) is 4.78. The number of carbonyl (C=O) groups is 1. The zero-order chi connectivity index (χ0) is 15.6. The highest BCUT2D eigenvalue weighted by molar-refractivity contribution is 6.31. The first-order valence-corrected chi connectivity index (χ1v) is 6.36. The van der Waals surface area contributed by atoms with Crippen LogP contribution in [0.3, 0.4) is 0 Å². The van der Waals surface area contributed by atoms with Crippen molar-refractivity contribution in [2.75, 3.05) is 12.8 Å². The van der Waals surface area contributed by atoms with Crippen LogP contribution in [0.15, 0.2) is 35.3 Å². The Morgan fingerprint density at radius 2 is 2.10 bits per heavy atom. The molecule has 7 heteroatoms. The van der Waals surface area contributed by atoms with Gasteiger partial charge in [0.05, 0.1) is 13.3 Å². The Labute approximate surface area is 125 Å². The van der Waals surface area contributed by atoms with E-state index in [1.54, 1.807) is 18.2 Å². The van der Waals surface area contributed by atoms with Crippen LogP contribution in [-0.4, -0.2) is 22.8 Å². The number of pyridine rings is 1. The largest absolute Gasteiger partial charge is 0.495 e. The number of carboxylic acid groups (broad SMARTS) is 1. The van der Waals surface area contributed by atoms with Gasteiger partial charge in [0, 0.05) is 27.9 Å². The quantitative estimate of drug-likeness (QED) is 0.840.